The van der Waals surface area contributed by atoms with Crippen LogP contribution in [0.2, 0.25) is 0 Å². The Morgan fingerprint density at radius 3 is 2.05 bits per heavy atom. The third kappa shape index (κ3) is 3.36. The molecule has 0 radical (unpaired) electrons. The van der Waals surface area contributed by atoms with Gasteiger partial charge in [-0.25, -0.2) is 8.78 Å². The minimum atomic E-state index is -0.697. The second kappa shape index (κ2) is 7.10. The lowest BCUT2D eigenvalue weighted by molar-refractivity contribution is 0.158. The van der Waals surface area contributed by atoms with E-state index in [1.165, 1.54) is 51.0 Å². The van der Waals surface area contributed by atoms with Gasteiger partial charge in [-0.2, -0.15) is 0 Å². The summed E-state index contributed by atoms with van der Waals surface area (Å²) in [5.74, 6) is 1.58. The number of benzene rings is 1. The molecule has 0 bridgehead atoms. The minimum absolute atomic E-state index is 0.221. The average molecular weight is 306 g/mol. The van der Waals surface area contributed by atoms with E-state index in [0.717, 1.165) is 30.6 Å². The van der Waals surface area contributed by atoms with E-state index in [1.807, 2.05) is 0 Å². The Balaban J connectivity index is 1.55. The second-order valence-electron chi connectivity index (χ2n) is 7.44. The van der Waals surface area contributed by atoms with Crippen molar-refractivity contribution in [2.75, 3.05) is 0 Å². The Morgan fingerprint density at radius 1 is 0.864 bits per heavy atom. The highest BCUT2D eigenvalue weighted by molar-refractivity contribution is 5.23. The van der Waals surface area contributed by atoms with Crippen molar-refractivity contribution < 1.29 is 8.78 Å². The maximum atomic E-state index is 13.9. The first-order valence-corrected chi connectivity index (χ1v) is 9.13. The van der Waals surface area contributed by atoms with Crippen LogP contribution in [0.5, 0.6) is 0 Å². The predicted molar refractivity (Wildman–Crippen MR) is 86.8 cm³/mol. The van der Waals surface area contributed by atoms with Crippen LogP contribution in [0, 0.1) is 29.4 Å². The molecule has 0 N–H and O–H groups in total. The first kappa shape index (κ1) is 16.0. The summed E-state index contributed by atoms with van der Waals surface area (Å²) >= 11 is 0. The van der Waals surface area contributed by atoms with Crippen molar-refractivity contribution in [2.24, 2.45) is 17.8 Å². The Bertz CT molecular complexity index is 480. The SMILES string of the molecule is CC[C@H]1CC[C@H](C2CCC(c3cccc(F)c3F)CC2)CC1. The van der Waals surface area contributed by atoms with E-state index in [9.17, 15) is 8.78 Å². The molecule has 0 saturated heterocycles. The van der Waals surface area contributed by atoms with Crippen LogP contribution < -0.4 is 0 Å². The summed E-state index contributed by atoms with van der Waals surface area (Å²) in [5.41, 5.74) is 0.605. The Hall–Kier alpha value is -0.920. The summed E-state index contributed by atoms with van der Waals surface area (Å²) in [6.07, 6.45) is 11.4. The molecule has 22 heavy (non-hydrogen) atoms. The van der Waals surface area contributed by atoms with Crippen LogP contribution >= 0.6 is 0 Å². The van der Waals surface area contributed by atoms with Crippen LogP contribution in [0.15, 0.2) is 18.2 Å². The van der Waals surface area contributed by atoms with E-state index < -0.39 is 11.6 Å². The van der Waals surface area contributed by atoms with Gasteiger partial charge in [0.2, 0.25) is 0 Å². The van der Waals surface area contributed by atoms with Crippen LogP contribution in [0.25, 0.3) is 0 Å². The van der Waals surface area contributed by atoms with E-state index >= 15 is 0 Å². The van der Waals surface area contributed by atoms with Crippen molar-refractivity contribution in [3.05, 3.63) is 35.4 Å². The Kier molecular flexibility index (Phi) is 5.15. The molecule has 0 spiro atoms. The first-order chi connectivity index (χ1) is 10.7. The highest BCUT2D eigenvalue weighted by atomic mass is 19.2. The van der Waals surface area contributed by atoms with Crippen LogP contribution in [0.1, 0.15) is 76.2 Å². The third-order valence-electron chi connectivity index (χ3n) is 6.33. The van der Waals surface area contributed by atoms with E-state index in [1.54, 1.807) is 12.1 Å². The third-order valence-corrected chi connectivity index (χ3v) is 6.33. The first-order valence-electron chi connectivity index (χ1n) is 9.13. The fraction of sp³-hybridized carbons (Fsp3) is 0.700. The Morgan fingerprint density at radius 2 is 1.45 bits per heavy atom. The lowest BCUT2D eigenvalue weighted by Crippen LogP contribution is -2.25. The number of rotatable bonds is 3. The van der Waals surface area contributed by atoms with Crippen molar-refractivity contribution in [2.45, 2.75) is 70.6 Å². The monoisotopic (exact) mass is 306 g/mol. The molecule has 0 nitrogen and oxygen atoms in total. The van der Waals surface area contributed by atoms with Crippen molar-refractivity contribution in [1.82, 2.24) is 0 Å². The van der Waals surface area contributed by atoms with E-state index in [4.69, 9.17) is 0 Å². The molecule has 0 atom stereocenters. The van der Waals surface area contributed by atoms with E-state index in [2.05, 4.69) is 6.92 Å². The van der Waals surface area contributed by atoms with E-state index in [0.29, 0.717) is 5.56 Å². The largest absolute Gasteiger partial charge is 0.204 e. The van der Waals surface area contributed by atoms with Gasteiger partial charge in [0.1, 0.15) is 0 Å². The number of halogens is 2. The summed E-state index contributed by atoms with van der Waals surface area (Å²) in [4.78, 5) is 0. The molecule has 0 unspecified atom stereocenters. The van der Waals surface area contributed by atoms with Crippen LogP contribution in [-0.4, -0.2) is 0 Å². The van der Waals surface area contributed by atoms with Crippen LogP contribution in [0.4, 0.5) is 8.78 Å². The van der Waals surface area contributed by atoms with Gasteiger partial charge in [0.05, 0.1) is 0 Å². The lowest BCUT2D eigenvalue weighted by Gasteiger charge is -2.38. The molecular formula is C20H28F2. The molecule has 2 fully saturated rings. The number of hydrogen-bond donors (Lipinski definition) is 0. The van der Waals surface area contributed by atoms with Gasteiger partial charge in [-0.05, 0) is 73.8 Å². The Labute approximate surface area is 133 Å². The molecular weight excluding hydrogens is 278 g/mol. The molecule has 0 aromatic heterocycles. The topological polar surface area (TPSA) is 0 Å². The van der Waals surface area contributed by atoms with Gasteiger partial charge in [-0.1, -0.05) is 38.3 Å². The zero-order chi connectivity index (χ0) is 15.5. The fourth-order valence-corrected chi connectivity index (χ4v) is 4.81. The van der Waals surface area contributed by atoms with Gasteiger partial charge in [0.25, 0.3) is 0 Å². The highest BCUT2D eigenvalue weighted by Gasteiger charge is 2.31. The summed E-state index contributed by atoms with van der Waals surface area (Å²) in [5, 5.41) is 0. The van der Waals surface area contributed by atoms with Crippen molar-refractivity contribution in [3.63, 3.8) is 0 Å². The summed E-state index contributed by atoms with van der Waals surface area (Å²) in [6.45, 7) is 2.31. The van der Waals surface area contributed by atoms with Gasteiger partial charge in [-0.15, -0.1) is 0 Å². The van der Waals surface area contributed by atoms with Crippen LogP contribution in [0.3, 0.4) is 0 Å². The molecule has 1 aromatic carbocycles. The van der Waals surface area contributed by atoms with Crippen molar-refractivity contribution >= 4 is 0 Å². The predicted octanol–water partition coefficient (Wildman–Crippen LogP) is 6.46. The zero-order valence-electron chi connectivity index (χ0n) is 13.7. The molecule has 1 aromatic rings. The van der Waals surface area contributed by atoms with Gasteiger partial charge in [0.15, 0.2) is 11.6 Å². The van der Waals surface area contributed by atoms with Gasteiger partial charge in [0, 0.05) is 0 Å². The maximum absolute atomic E-state index is 13.9. The molecule has 122 valence electrons. The molecule has 0 aliphatic heterocycles. The number of hydrogen-bond acceptors (Lipinski definition) is 0. The molecule has 2 saturated carbocycles. The van der Waals surface area contributed by atoms with E-state index in [-0.39, 0.29) is 5.92 Å². The molecule has 3 rings (SSSR count). The van der Waals surface area contributed by atoms with Crippen molar-refractivity contribution in [1.29, 1.82) is 0 Å². The van der Waals surface area contributed by atoms with Gasteiger partial charge >= 0.3 is 0 Å². The smallest absolute Gasteiger partial charge is 0.162 e. The van der Waals surface area contributed by atoms with Gasteiger partial charge < -0.3 is 0 Å². The van der Waals surface area contributed by atoms with Crippen molar-refractivity contribution in [3.8, 4) is 0 Å². The second-order valence-corrected chi connectivity index (χ2v) is 7.44. The molecule has 2 heteroatoms. The average Bonchev–Trinajstić information content (AvgIpc) is 2.58. The zero-order valence-corrected chi connectivity index (χ0v) is 13.7. The van der Waals surface area contributed by atoms with Crippen LogP contribution in [-0.2, 0) is 0 Å². The summed E-state index contributed by atoms with van der Waals surface area (Å²) in [6, 6.07) is 4.64. The molecule has 0 amide bonds. The molecule has 0 heterocycles. The summed E-state index contributed by atoms with van der Waals surface area (Å²) < 4.78 is 27.3. The molecule has 2 aliphatic carbocycles. The van der Waals surface area contributed by atoms with Gasteiger partial charge in [-0.3, -0.25) is 0 Å². The lowest BCUT2D eigenvalue weighted by atomic mass is 9.68. The summed E-state index contributed by atoms with van der Waals surface area (Å²) in [7, 11) is 0. The maximum Gasteiger partial charge on any atom is 0.162 e. The quantitative estimate of drug-likeness (QED) is 0.601. The standard InChI is InChI=1S/C20H28F2/c1-2-14-6-8-15(9-7-14)16-10-12-17(13-11-16)18-4-3-5-19(21)20(18)22/h3-5,14-17H,2,6-13H2,1H3/t14-,15-,16?,17?. The molecule has 2 aliphatic rings. The highest BCUT2D eigenvalue weighted by Crippen LogP contribution is 2.44. The minimum Gasteiger partial charge on any atom is -0.204 e. The fourth-order valence-electron chi connectivity index (χ4n) is 4.81. The normalized spacial score (nSPS) is 32.9.